The Hall–Kier alpha value is -2.53. The van der Waals surface area contributed by atoms with Gasteiger partial charge in [0.15, 0.2) is 6.61 Å². The fraction of sp³-hybridized carbons (Fsp3) is 0.250. The van der Waals surface area contributed by atoms with E-state index in [2.05, 4.69) is 19.1 Å². The van der Waals surface area contributed by atoms with Crippen molar-refractivity contribution < 1.29 is 13.9 Å². The standard InChI is InChI=1S/C20H21NO3S/c1-15-6-3-4-8-19(15)24-14-20(22)21(12-17-7-5-11-23-17)13-18-10-9-16(2)25-18/h3-11H,12-14H2,1-2H3. The van der Waals surface area contributed by atoms with E-state index in [0.717, 1.165) is 22.0 Å². The Morgan fingerprint density at radius 2 is 1.92 bits per heavy atom. The Kier molecular flexibility index (Phi) is 5.56. The van der Waals surface area contributed by atoms with Crippen LogP contribution in [0.4, 0.5) is 0 Å². The second-order valence-corrected chi connectivity index (χ2v) is 7.27. The predicted molar refractivity (Wildman–Crippen MR) is 98.7 cm³/mol. The van der Waals surface area contributed by atoms with Crippen LogP contribution in [0, 0.1) is 13.8 Å². The minimum absolute atomic E-state index is 0.00984. The molecule has 2 heterocycles. The number of furan rings is 1. The smallest absolute Gasteiger partial charge is 0.261 e. The number of carbonyl (C=O) groups excluding carboxylic acids is 1. The lowest BCUT2D eigenvalue weighted by atomic mass is 10.2. The predicted octanol–water partition coefficient (Wildman–Crippen LogP) is 4.57. The van der Waals surface area contributed by atoms with Crippen LogP contribution in [-0.2, 0) is 17.9 Å². The number of thiophene rings is 1. The highest BCUT2D eigenvalue weighted by Crippen LogP contribution is 2.20. The van der Waals surface area contributed by atoms with Crippen molar-refractivity contribution in [1.82, 2.24) is 4.90 Å². The maximum atomic E-state index is 12.7. The fourth-order valence-corrected chi connectivity index (χ4v) is 3.44. The van der Waals surface area contributed by atoms with E-state index in [1.807, 2.05) is 43.3 Å². The van der Waals surface area contributed by atoms with Gasteiger partial charge in [0, 0.05) is 9.75 Å². The average Bonchev–Trinajstić information content (AvgIpc) is 3.25. The molecule has 0 radical (unpaired) electrons. The van der Waals surface area contributed by atoms with Gasteiger partial charge in [-0.3, -0.25) is 4.79 Å². The highest BCUT2D eigenvalue weighted by molar-refractivity contribution is 7.11. The van der Waals surface area contributed by atoms with Gasteiger partial charge >= 0.3 is 0 Å². The first-order valence-corrected chi connectivity index (χ1v) is 8.97. The summed E-state index contributed by atoms with van der Waals surface area (Å²) >= 11 is 1.70. The van der Waals surface area contributed by atoms with E-state index in [-0.39, 0.29) is 12.5 Å². The van der Waals surface area contributed by atoms with Crippen LogP contribution in [0.15, 0.2) is 59.2 Å². The van der Waals surface area contributed by atoms with Crippen molar-refractivity contribution >= 4 is 17.2 Å². The monoisotopic (exact) mass is 355 g/mol. The third-order valence-electron chi connectivity index (χ3n) is 3.87. The van der Waals surface area contributed by atoms with Gasteiger partial charge in [-0.25, -0.2) is 0 Å². The van der Waals surface area contributed by atoms with Crippen molar-refractivity contribution in [3.05, 3.63) is 75.9 Å². The minimum atomic E-state index is -0.0642. The summed E-state index contributed by atoms with van der Waals surface area (Å²) in [5.74, 6) is 1.43. The highest BCUT2D eigenvalue weighted by atomic mass is 32.1. The van der Waals surface area contributed by atoms with E-state index in [1.165, 1.54) is 4.88 Å². The Morgan fingerprint density at radius 3 is 2.60 bits per heavy atom. The van der Waals surface area contributed by atoms with Gasteiger partial charge in [-0.05, 0) is 49.7 Å². The molecule has 0 aliphatic heterocycles. The molecule has 1 amide bonds. The Labute approximate surface area is 151 Å². The molecule has 0 atom stereocenters. The number of rotatable bonds is 7. The minimum Gasteiger partial charge on any atom is -0.484 e. The molecule has 0 fully saturated rings. The molecule has 0 unspecified atom stereocenters. The number of nitrogens with zero attached hydrogens (tertiary/aromatic N) is 1. The van der Waals surface area contributed by atoms with E-state index in [1.54, 1.807) is 22.5 Å². The molecule has 2 aromatic heterocycles. The van der Waals surface area contributed by atoms with Gasteiger partial charge < -0.3 is 14.1 Å². The summed E-state index contributed by atoms with van der Waals surface area (Å²) in [6, 6.07) is 15.5. The molecule has 3 aromatic rings. The lowest BCUT2D eigenvalue weighted by molar-refractivity contribution is -0.134. The number of carbonyl (C=O) groups is 1. The molecule has 0 saturated carbocycles. The molecule has 4 nitrogen and oxygen atoms in total. The van der Waals surface area contributed by atoms with Crippen molar-refractivity contribution in [3.63, 3.8) is 0 Å². The molecule has 5 heteroatoms. The first-order valence-electron chi connectivity index (χ1n) is 8.16. The Bertz CT molecular complexity index is 823. The van der Waals surface area contributed by atoms with Crippen LogP contribution in [0.5, 0.6) is 5.75 Å². The van der Waals surface area contributed by atoms with Crippen LogP contribution >= 0.6 is 11.3 Å². The third-order valence-corrected chi connectivity index (χ3v) is 4.85. The van der Waals surface area contributed by atoms with Crippen LogP contribution in [0.1, 0.15) is 21.1 Å². The molecule has 0 spiro atoms. The van der Waals surface area contributed by atoms with Crippen molar-refractivity contribution in [3.8, 4) is 5.75 Å². The maximum Gasteiger partial charge on any atom is 0.261 e. The molecule has 0 N–H and O–H groups in total. The second kappa shape index (κ2) is 8.03. The zero-order valence-electron chi connectivity index (χ0n) is 14.4. The van der Waals surface area contributed by atoms with Crippen molar-refractivity contribution in [1.29, 1.82) is 0 Å². The number of amides is 1. The molecule has 1 aromatic carbocycles. The van der Waals surface area contributed by atoms with Crippen LogP contribution in [0.25, 0.3) is 0 Å². The van der Waals surface area contributed by atoms with Crippen molar-refractivity contribution in [2.75, 3.05) is 6.61 Å². The lowest BCUT2D eigenvalue weighted by Gasteiger charge is -2.21. The van der Waals surface area contributed by atoms with E-state index in [4.69, 9.17) is 9.15 Å². The summed E-state index contributed by atoms with van der Waals surface area (Å²) < 4.78 is 11.1. The Morgan fingerprint density at radius 1 is 1.08 bits per heavy atom. The second-order valence-electron chi connectivity index (χ2n) is 5.90. The van der Waals surface area contributed by atoms with Crippen LogP contribution in [-0.4, -0.2) is 17.4 Å². The SMILES string of the molecule is Cc1ccc(CN(Cc2ccco2)C(=O)COc2ccccc2C)s1. The molecule has 0 saturated heterocycles. The molecule has 0 bridgehead atoms. The number of hydrogen-bond acceptors (Lipinski definition) is 4. The zero-order valence-corrected chi connectivity index (χ0v) is 15.2. The van der Waals surface area contributed by atoms with Gasteiger partial charge in [-0.15, -0.1) is 11.3 Å². The van der Waals surface area contributed by atoms with Crippen molar-refractivity contribution in [2.45, 2.75) is 26.9 Å². The summed E-state index contributed by atoms with van der Waals surface area (Å²) in [6.07, 6.45) is 1.62. The zero-order chi connectivity index (χ0) is 17.6. The third kappa shape index (κ3) is 4.73. The number of benzene rings is 1. The van der Waals surface area contributed by atoms with E-state index < -0.39 is 0 Å². The van der Waals surface area contributed by atoms with E-state index >= 15 is 0 Å². The van der Waals surface area contributed by atoms with E-state index in [9.17, 15) is 4.79 Å². The summed E-state index contributed by atoms with van der Waals surface area (Å²) in [5.41, 5.74) is 1.02. The van der Waals surface area contributed by atoms with Crippen molar-refractivity contribution in [2.24, 2.45) is 0 Å². The topological polar surface area (TPSA) is 42.7 Å². The molecule has 3 rings (SSSR count). The first kappa shape index (κ1) is 17.3. The lowest BCUT2D eigenvalue weighted by Crippen LogP contribution is -2.33. The number of para-hydroxylation sites is 1. The van der Waals surface area contributed by atoms with Gasteiger partial charge in [0.05, 0.1) is 19.4 Å². The number of ether oxygens (including phenoxy) is 1. The van der Waals surface area contributed by atoms with Crippen LogP contribution < -0.4 is 4.74 Å². The van der Waals surface area contributed by atoms with Gasteiger partial charge in [-0.1, -0.05) is 18.2 Å². The highest BCUT2D eigenvalue weighted by Gasteiger charge is 2.17. The molecular formula is C20H21NO3S. The average molecular weight is 355 g/mol. The molecular weight excluding hydrogens is 334 g/mol. The quantitative estimate of drug-likeness (QED) is 0.624. The number of aryl methyl sites for hydroxylation is 2. The number of hydrogen-bond donors (Lipinski definition) is 0. The van der Waals surface area contributed by atoms with Gasteiger partial charge in [-0.2, -0.15) is 0 Å². The molecule has 0 aliphatic rings. The van der Waals surface area contributed by atoms with Gasteiger partial charge in [0.25, 0.3) is 5.91 Å². The summed E-state index contributed by atoms with van der Waals surface area (Å²) in [7, 11) is 0. The summed E-state index contributed by atoms with van der Waals surface area (Å²) in [5, 5.41) is 0. The maximum absolute atomic E-state index is 12.7. The van der Waals surface area contributed by atoms with Gasteiger partial charge in [0.1, 0.15) is 11.5 Å². The van der Waals surface area contributed by atoms with E-state index in [0.29, 0.717) is 13.1 Å². The molecule has 130 valence electrons. The van der Waals surface area contributed by atoms with Gasteiger partial charge in [0.2, 0.25) is 0 Å². The Balaban J connectivity index is 1.68. The van der Waals surface area contributed by atoms with Crippen LogP contribution in [0.2, 0.25) is 0 Å². The largest absolute Gasteiger partial charge is 0.484 e. The normalized spacial score (nSPS) is 10.6. The molecule has 0 aliphatic carbocycles. The summed E-state index contributed by atoms with van der Waals surface area (Å²) in [6.45, 7) is 5.02. The van der Waals surface area contributed by atoms with Crippen LogP contribution in [0.3, 0.4) is 0 Å². The first-order chi connectivity index (χ1) is 12.1. The molecule has 25 heavy (non-hydrogen) atoms. The summed E-state index contributed by atoms with van der Waals surface area (Å²) in [4.78, 5) is 16.9. The fourth-order valence-electron chi connectivity index (χ4n) is 2.53.